The second-order valence-corrected chi connectivity index (χ2v) is 6.51. The number of hydrogen-bond acceptors (Lipinski definition) is 1. The summed E-state index contributed by atoms with van der Waals surface area (Å²) in [6.45, 7) is 0.720. The van der Waals surface area contributed by atoms with Crippen LogP contribution in [-0.4, -0.2) is 12.5 Å². The van der Waals surface area contributed by atoms with Crippen LogP contribution in [0.2, 0.25) is 0 Å². The van der Waals surface area contributed by atoms with E-state index in [4.69, 9.17) is 16.3 Å². The zero-order valence-electron chi connectivity index (χ0n) is 12.1. The van der Waals surface area contributed by atoms with E-state index in [1.165, 1.54) is 31.7 Å². The lowest BCUT2D eigenvalue weighted by atomic mass is 9.89. The van der Waals surface area contributed by atoms with Gasteiger partial charge in [-0.2, -0.15) is 0 Å². The van der Waals surface area contributed by atoms with Crippen LogP contribution in [0.15, 0.2) is 18.2 Å². The van der Waals surface area contributed by atoms with Crippen LogP contribution in [0.1, 0.15) is 37.7 Å². The van der Waals surface area contributed by atoms with Gasteiger partial charge in [-0.05, 0) is 49.1 Å². The summed E-state index contributed by atoms with van der Waals surface area (Å²) in [5.74, 6) is 8.82. The van der Waals surface area contributed by atoms with Crippen molar-refractivity contribution in [1.82, 2.24) is 0 Å². The van der Waals surface area contributed by atoms with Gasteiger partial charge in [0.1, 0.15) is 11.6 Å². The van der Waals surface area contributed by atoms with Crippen LogP contribution < -0.4 is 4.74 Å². The van der Waals surface area contributed by atoms with Gasteiger partial charge in [-0.15, -0.1) is 11.6 Å². The molecule has 0 saturated heterocycles. The van der Waals surface area contributed by atoms with Gasteiger partial charge < -0.3 is 4.74 Å². The lowest BCUT2D eigenvalue weighted by Crippen LogP contribution is -2.18. The van der Waals surface area contributed by atoms with E-state index in [0.717, 1.165) is 18.4 Å². The quantitative estimate of drug-likeness (QED) is 0.582. The predicted octanol–water partition coefficient (Wildman–Crippen LogP) is 4.62. The molecule has 0 spiro atoms. The molecule has 1 nitrogen and oxygen atoms in total. The van der Waals surface area contributed by atoms with E-state index < -0.39 is 0 Å². The molecule has 3 rings (SSSR count). The van der Waals surface area contributed by atoms with Crippen LogP contribution in [-0.2, 0) is 0 Å². The molecule has 3 heteroatoms. The highest BCUT2D eigenvalue weighted by Crippen LogP contribution is 2.48. The summed E-state index contributed by atoms with van der Waals surface area (Å²) in [7, 11) is 0. The van der Waals surface area contributed by atoms with E-state index in [1.807, 2.05) is 0 Å². The fourth-order valence-electron chi connectivity index (χ4n) is 3.68. The number of hydrogen-bond donors (Lipinski definition) is 0. The Morgan fingerprint density at radius 1 is 1.29 bits per heavy atom. The number of halogens is 2. The first-order valence-corrected chi connectivity index (χ1v) is 8.27. The summed E-state index contributed by atoms with van der Waals surface area (Å²) in [6.07, 6.45) is 5.98. The summed E-state index contributed by atoms with van der Waals surface area (Å²) in [4.78, 5) is 0. The van der Waals surface area contributed by atoms with Crippen LogP contribution in [0.5, 0.6) is 5.75 Å². The van der Waals surface area contributed by atoms with Crippen molar-refractivity contribution in [2.24, 2.45) is 17.8 Å². The van der Waals surface area contributed by atoms with Gasteiger partial charge in [0.2, 0.25) is 0 Å². The minimum absolute atomic E-state index is 0.317. The van der Waals surface area contributed by atoms with Crippen LogP contribution >= 0.6 is 11.6 Å². The molecule has 0 aromatic heterocycles. The molecule has 3 atom stereocenters. The standard InChI is InChI=1S/C18H20ClFO/c19-8-2-1-3-14-6-7-17(11-18(14)20)21-12-16-10-13-4-5-15(16)9-13/h6-7,11,13,15-16H,2,4-5,8-10,12H2. The largest absolute Gasteiger partial charge is 0.493 e. The molecule has 0 heterocycles. The minimum atomic E-state index is -0.317. The smallest absolute Gasteiger partial charge is 0.142 e. The second kappa shape index (κ2) is 6.71. The summed E-state index contributed by atoms with van der Waals surface area (Å²) in [5.41, 5.74) is 0.410. The Morgan fingerprint density at radius 2 is 2.19 bits per heavy atom. The lowest BCUT2D eigenvalue weighted by Gasteiger charge is -2.21. The van der Waals surface area contributed by atoms with E-state index in [1.54, 1.807) is 12.1 Å². The lowest BCUT2D eigenvalue weighted by molar-refractivity contribution is 0.194. The number of fused-ring (bicyclic) bond motifs is 2. The van der Waals surface area contributed by atoms with Gasteiger partial charge >= 0.3 is 0 Å². The third-order valence-corrected chi connectivity index (χ3v) is 4.92. The van der Waals surface area contributed by atoms with Gasteiger partial charge in [0.25, 0.3) is 0 Å². The van der Waals surface area contributed by atoms with E-state index in [-0.39, 0.29) is 5.82 Å². The Hall–Kier alpha value is -1.20. The molecule has 0 radical (unpaired) electrons. The van der Waals surface area contributed by atoms with E-state index in [9.17, 15) is 4.39 Å². The zero-order valence-corrected chi connectivity index (χ0v) is 12.8. The first-order chi connectivity index (χ1) is 10.3. The molecule has 112 valence electrons. The number of ether oxygens (including phenoxy) is 1. The van der Waals surface area contributed by atoms with Gasteiger partial charge in [0.05, 0.1) is 12.2 Å². The van der Waals surface area contributed by atoms with Gasteiger partial charge in [-0.1, -0.05) is 18.3 Å². The number of alkyl halides is 1. The summed E-state index contributed by atoms with van der Waals surface area (Å²) < 4.78 is 19.7. The van der Waals surface area contributed by atoms with Crippen LogP contribution in [0.3, 0.4) is 0 Å². The Morgan fingerprint density at radius 3 is 2.86 bits per heavy atom. The highest BCUT2D eigenvalue weighted by Gasteiger charge is 2.39. The van der Waals surface area contributed by atoms with E-state index in [2.05, 4.69) is 11.8 Å². The Kier molecular flexibility index (Phi) is 4.70. The summed E-state index contributed by atoms with van der Waals surface area (Å²) in [5, 5.41) is 0. The molecule has 2 aliphatic rings. The molecule has 2 fully saturated rings. The molecule has 1 aromatic carbocycles. The SMILES string of the molecule is Fc1cc(OCC2CC3CCC2C3)ccc1C#CCCCl. The van der Waals surface area contributed by atoms with Crippen LogP contribution in [0, 0.1) is 35.4 Å². The van der Waals surface area contributed by atoms with Crippen molar-refractivity contribution in [1.29, 1.82) is 0 Å². The average Bonchev–Trinajstić information content (AvgIpc) is 3.10. The fourth-order valence-corrected chi connectivity index (χ4v) is 3.77. The second-order valence-electron chi connectivity index (χ2n) is 6.13. The topological polar surface area (TPSA) is 9.23 Å². The van der Waals surface area contributed by atoms with Crippen molar-refractivity contribution in [3.8, 4) is 17.6 Å². The maximum absolute atomic E-state index is 13.9. The normalized spacial score (nSPS) is 26.5. The third-order valence-electron chi connectivity index (χ3n) is 4.73. The summed E-state index contributed by atoms with van der Waals surface area (Å²) in [6, 6.07) is 4.94. The van der Waals surface area contributed by atoms with Crippen molar-refractivity contribution in [2.75, 3.05) is 12.5 Å². The maximum atomic E-state index is 13.9. The van der Waals surface area contributed by atoms with Gasteiger partial charge in [-0.25, -0.2) is 4.39 Å². The molecule has 21 heavy (non-hydrogen) atoms. The Labute approximate surface area is 130 Å². The van der Waals surface area contributed by atoms with Gasteiger partial charge in [0.15, 0.2) is 0 Å². The first kappa shape index (κ1) is 14.7. The highest BCUT2D eigenvalue weighted by molar-refractivity contribution is 6.18. The maximum Gasteiger partial charge on any atom is 0.142 e. The van der Waals surface area contributed by atoms with Crippen molar-refractivity contribution in [2.45, 2.75) is 32.1 Å². The molecule has 0 amide bonds. The predicted molar refractivity (Wildman–Crippen MR) is 83.0 cm³/mol. The van der Waals surface area contributed by atoms with Crippen molar-refractivity contribution in [3.05, 3.63) is 29.6 Å². The molecular formula is C18H20ClFO. The highest BCUT2D eigenvalue weighted by atomic mass is 35.5. The molecule has 0 N–H and O–H groups in total. The Bertz CT molecular complexity index is 560. The molecular weight excluding hydrogens is 287 g/mol. The van der Waals surface area contributed by atoms with Gasteiger partial charge in [-0.3, -0.25) is 0 Å². The molecule has 0 aliphatic heterocycles. The molecule has 1 aromatic rings. The minimum Gasteiger partial charge on any atom is -0.493 e. The monoisotopic (exact) mass is 306 g/mol. The Balaban J connectivity index is 1.57. The summed E-state index contributed by atoms with van der Waals surface area (Å²) >= 11 is 5.55. The van der Waals surface area contributed by atoms with Crippen LogP contribution in [0.4, 0.5) is 4.39 Å². The van der Waals surface area contributed by atoms with Crippen molar-refractivity contribution < 1.29 is 9.13 Å². The van der Waals surface area contributed by atoms with Crippen LogP contribution in [0.25, 0.3) is 0 Å². The fraction of sp³-hybridized carbons (Fsp3) is 0.556. The van der Waals surface area contributed by atoms with E-state index in [0.29, 0.717) is 29.5 Å². The van der Waals surface area contributed by atoms with Gasteiger partial charge in [0, 0.05) is 18.4 Å². The molecule has 3 unspecified atom stereocenters. The zero-order chi connectivity index (χ0) is 14.7. The van der Waals surface area contributed by atoms with Crippen molar-refractivity contribution >= 4 is 11.6 Å². The van der Waals surface area contributed by atoms with E-state index >= 15 is 0 Å². The average molecular weight is 307 g/mol. The third kappa shape index (κ3) is 3.52. The molecule has 2 bridgehead atoms. The first-order valence-electron chi connectivity index (χ1n) is 7.73. The van der Waals surface area contributed by atoms with Crippen molar-refractivity contribution in [3.63, 3.8) is 0 Å². The number of benzene rings is 1. The molecule has 2 aliphatic carbocycles. The number of rotatable bonds is 4. The molecule has 2 saturated carbocycles.